The van der Waals surface area contributed by atoms with Gasteiger partial charge in [-0.3, -0.25) is 14.4 Å². The van der Waals surface area contributed by atoms with Gasteiger partial charge in [-0.05, 0) is 37.0 Å². The van der Waals surface area contributed by atoms with Crippen LogP contribution in [0.4, 0.5) is 10.1 Å². The molecule has 1 heterocycles. The Morgan fingerprint density at radius 2 is 2.03 bits per heavy atom. The Kier molecular flexibility index (Phi) is 9.07. The Morgan fingerprint density at radius 3 is 2.60 bits per heavy atom. The first kappa shape index (κ1) is 23.6. The highest BCUT2D eigenvalue weighted by Gasteiger charge is 2.25. The van der Waals surface area contributed by atoms with Gasteiger partial charge in [-0.25, -0.2) is 4.39 Å². The maximum absolute atomic E-state index is 14.6. The summed E-state index contributed by atoms with van der Waals surface area (Å²) < 4.78 is 14.6. The SMILES string of the molecule is CNC(=O)C(CCC=O)N(C)OCc1cc(N2CCC(C=O)CC2)c(F)cc1C=O. The normalized spacial score (nSPS) is 15.7. The maximum Gasteiger partial charge on any atom is 0.239 e. The van der Waals surface area contributed by atoms with Crippen molar-refractivity contribution in [1.82, 2.24) is 10.4 Å². The molecule has 1 aromatic rings. The summed E-state index contributed by atoms with van der Waals surface area (Å²) in [5.41, 5.74) is 1.00. The Bertz CT molecular complexity index is 765. The fraction of sp³-hybridized carbons (Fsp3) is 0.524. The number of carbonyl (C=O) groups is 4. The van der Waals surface area contributed by atoms with Crippen LogP contribution in [-0.2, 0) is 25.8 Å². The molecule has 164 valence electrons. The third kappa shape index (κ3) is 5.93. The number of anilines is 1. The van der Waals surface area contributed by atoms with Gasteiger partial charge in [0.05, 0.1) is 12.3 Å². The van der Waals surface area contributed by atoms with Gasteiger partial charge in [-0.1, -0.05) is 0 Å². The topological polar surface area (TPSA) is 96.0 Å². The molecule has 0 spiro atoms. The third-order valence-corrected chi connectivity index (χ3v) is 5.38. The smallest absolute Gasteiger partial charge is 0.239 e. The molecule has 1 fully saturated rings. The van der Waals surface area contributed by atoms with Crippen LogP contribution >= 0.6 is 0 Å². The predicted molar refractivity (Wildman–Crippen MR) is 108 cm³/mol. The van der Waals surface area contributed by atoms with Crippen molar-refractivity contribution >= 4 is 30.5 Å². The van der Waals surface area contributed by atoms with Gasteiger partial charge in [0.25, 0.3) is 0 Å². The van der Waals surface area contributed by atoms with E-state index >= 15 is 0 Å². The molecule has 1 saturated heterocycles. The lowest BCUT2D eigenvalue weighted by atomic mass is 9.97. The second-order valence-electron chi connectivity index (χ2n) is 7.27. The Morgan fingerprint density at radius 1 is 1.33 bits per heavy atom. The molecule has 0 aliphatic carbocycles. The number of nitrogens with one attached hydrogen (secondary N) is 1. The highest BCUT2D eigenvalue weighted by Crippen LogP contribution is 2.28. The molecular weight excluding hydrogens is 393 g/mol. The standard InChI is InChI=1S/C21H28FN3O5/c1-23-21(29)19(4-3-9-26)24(2)30-14-17-11-20(18(22)10-16(17)13-28)25-7-5-15(12-27)6-8-25/h9-13,15,19H,3-8,14H2,1-2H3,(H,23,29). The van der Waals surface area contributed by atoms with E-state index in [-0.39, 0.29) is 36.8 Å². The van der Waals surface area contributed by atoms with Gasteiger partial charge in [0, 0.05) is 45.1 Å². The van der Waals surface area contributed by atoms with E-state index < -0.39 is 11.9 Å². The molecule has 1 aromatic carbocycles. The lowest BCUT2D eigenvalue weighted by Gasteiger charge is -2.32. The van der Waals surface area contributed by atoms with Gasteiger partial charge in [0.15, 0.2) is 6.29 Å². The van der Waals surface area contributed by atoms with Crippen molar-refractivity contribution in [3.8, 4) is 0 Å². The van der Waals surface area contributed by atoms with Crippen molar-refractivity contribution in [2.75, 3.05) is 32.1 Å². The van der Waals surface area contributed by atoms with Crippen LogP contribution < -0.4 is 10.2 Å². The number of hydroxylamine groups is 2. The number of hydrogen-bond acceptors (Lipinski definition) is 7. The summed E-state index contributed by atoms with van der Waals surface area (Å²) in [6, 6.07) is 2.08. The first-order valence-electron chi connectivity index (χ1n) is 9.93. The maximum atomic E-state index is 14.6. The van der Waals surface area contributed by atoms with Crippen molar-refractivity contribution in [1.29, 1.82) is 0 Å². The Hall–Kier alpha value is -2.65. The fourth-order valence-electron chi connectivity index (χ4n) is 3.51. The molecule has 9 heteroatoms. The molecule has 1 N–H and O–H groups in total. The van der Waals surface area contributed by atoms with Gasteiger partial charge in [0.2, 0.25) is 5.91 Å². The lowest BCUT2D eigenvalue weighted by molar-refractivity contribution is -0.185. The highest BCUT2D eigenvalue weighted by molar-refractivity contribution is 5.81. The zero-order valence-corrected chi connectivity index (χ0v) is 17.3. The van der Waals surface area contributed by atoms with Crippen LogP contribution in [-0.4, -0.2) is 63.1 Å². The molecular formula is C21H28FN3O5. The number of amides is 1. The monoisotopic (exact) mass is 421 g/mol. The molecule has 30 heavy (non-hydrogen) atoms. The average molecular weight is 421 g/mol. The minimum absolute atomic E-state index is 0.0111. The van der Waals surface area contributed by atoms with E-state index in [0.717, 1.165) is 12.6 Å². The summed E-state index contributed by atoms with van der Waals surface area (Å²) in [4.78, 5) is 52.7. The molecule has 0 radical (unpaired) electrons. The number of likely N-dealkylation sites (N-methyl/N-ethyl adjacent to an activating group) is 2. The van der Waals surface area contributed by atoms with E-state index in [1.54, 1.807) is 13.1 Å². The fourth-order valence-corrected chi connectivity index (χ4v) is 3.51. The number of piperidine rings is 1. The highest BCUT2D eigenvalue weighted by atomic mass is 19.1. The number of nitrogens with zero attached hydrogens (tertiary/aromatic N) is 2. The second-order valence-corrected chi connectivity index (χ2v) is 7.27. The summed E-state index contributed by atoms with van der Waals surface area (Å²) in [6.45, 7) is 1.05. The molecule has 1 aliphatic heterocycles. The van der Waals surface area contributed by atoms with Crippen molar-refractivity contribution < 1.29 is 28.4 Å². The third-order valence-electron chi connectivity index (χ3n) is 5.38. The van der Waals surface area contributed by atoms with Crippen LogP contribution in [0.3, 0.4) is 0 Å². The second kappa shape index (κ2) is 11.5. The summed E-state index contributed by atoms with van der Waals surface area (Å²) in [5, 5.41) is 3.87. The molecule has 1 atom stereocenters. The number of carbonyl (C=O) groups excluding carboxylic acids is 4. The van der Waals surface area contributed by atoms with Gasteiger partial charge in [-0.15, -0.1) is 0 Å². The molecule has 1 unspecified atom stereocenters. The molecule has 0 aromatic heterocycles. The van der Waals surface area contributed by atoms with Crippen LogP contribution in [0.2, 0.25) is 0 Å². The first-order valence-corrected chi connectivity index (χ1v) is 9.93. The van der Waals surface area contributed by atoms with Gasteiger partial charge in [-0.2, -0.15) is 5.06 Å². The van der Waals surface area contributed by atoms with E-state index in [2.05, 4.69) is 5.32 Å². The van der Waals surface area contributed by atoms with E-state index in [1.165, 1.54) is 18.2 Å². The van der Waals surface area contributed by atoms with Gasteiger partial charge in [0.1, 0.15) is 24.4 Å². The van der Waals surface area contributed by atoms with E-state index in [4.69, 9.17) is 4.84 Å². The van der Waals surface area contributed by atoms with Crippen LogP contribution in [0.25, 0.3) is 0 Å². The van der Waals surface area contributed by atoms with Gasteiger partial charge < -0.3 is 19.8 Å². The molecule has 1 aliphatic rings. The number of aldehydes is 3. The number of rotatable bonds is 11. The molecule has 1 amide bonds. The first-order chi connectivity index (χ1) is 14.4. The minimum Gasteiger partial charge on any atom is -0.369 e. The zero-order valence-electron chi connectivity index (χ0n) is 17.3. The van der Waals surface area contributed by atoms with E-state index in [1.807, 2.05) is 4.90 Å². The Labute approximate surface area is 175 Å². The van der Waals surface area contributed by atoms with E-state index in [0.29, 0.717) is 43.5 Å². The van der Waals surface area contributed by atoms with Crippen LogP contribution in [0.15, 0.2) is 12.1 Å². The number of halogens is 1. The summed E-state index contributed by atoms with van der Waals surface area (Å²) >= 11 is 0. The molecule has 0 bridgehead atoms. The minimum atomic E-state index is -0.679. The van der Waals surface area contributed by atoms with Crippen molar-refractivity contribution in [2.45, 2.75) is 38.3 Å². The summed E-state index contributed by atoms with van der Waals surface area (Å²) in [6.07, 6.45) is 4.01. The van der Waals surface area contributed by atoms with Gasteiger partial charge >= 0.3 is 0 Å². The van der Waals surface area contributed by atoms with Crippen molar-refractivity contribution in [2.24, 2.45) is 5.92 Å². The van der Waals surface area contributed by atoms with E-state index in [9.17, 15) is 23.6 Å². The quantitative estimate of drug-likeness (QED) is 0.427. The Balaban J connectivity index is 2.15. The molecule has 0 saturated carbocycles. The van der Waals surface area contributed by atoms with Crippen molar-refractivity contribution in [3.05, 3.63) is 29.1 Å². The number of benzene rings is 1. The largest absolute Gasteiger partial charge is 0.369 e. The van der Waals surface area contributed by atoms with Crippen LogP contribution in [0.5, 0.6) is 0 Å². The zero-order chi connectivity index (χ0) is 22.1. The predicted octanol–water partition coefficient (Wildman–Crippen LogP) is 1.51. The summed E-state index contributed by atoms with van der Waals surface area (Å²) in [7, 11) is 3.06. The van der Waals surface area contributed by atoms with Crippen molar-refractivity contribution in [3.63, 3.8) is 0 Å². The molecule has 8 nitrogen and oxygen atoms in total. The number of hydrogen-bond donors (Lipinski definition) is 1. The lowest BCUT2D eigenvalue weighted by Crippen LogP contribution is -2.44. The summed E-state index contributed by atoms with van der Waals surface area (Å²) in [5.74, 6) is -0.816. The van der Waals surface area contributed by atoms with Crippen LogP contribution in [0.1, 0.15) is 41.6 Å². The average Bonchev–Trinajstić information content (AvgIpc) is 2.77. The molecule has 2 rings (SSSR count). The van der Waals surface area contributed by atoms with Crippen LogP contribution in [0, 0.1) is 11.7 Å².